The zero-order valence-corrected chi connectivity index (χ0v) is 9.94. The second kappa shape index (κ2) is 6.32. The molecule has 1 aromatic rings. The third-order valence-electron chi connectivity index (χ3n) is 2.37. The zero-order chi connectivity index (χ0) is 12.8. The first kappa shape index (κ1) is 13.6. The number of halogens is 1. The number of ether oxygens (including phenoxy) is 1. The molecule has 0 saturated heterocycles. The minimum atomic E-state index is -0.683. The fourth-order valence-electron chi connectivity index (χ4n) is 1.49. The van der Waals surface area contributed by atoms with Crippen molar-refractivity contribution in [1.29, 1.82) is 0 Å². The molecule has 0 fully saturated rings. The molecule has 0 aliphatic heterocycles. The summed E-state index contributed by atoms with van der Waals surface area (Å²) in [6.07, 6.45) is 0. The van der Waals surface area contributed by atoms with Gasteiger partial charge in [0.2, 0.25) is 0 Å². The number of likely N-dealkylation sites (N-methyl/N-ethyl adjacent to an activating group) is 1. The maximum absolute atomic E-state index is 13.6. The average Bonchev–Trinajstić information content (AvgIpc) is 2.28. The van der Waals surface area contributed by atoms with Crippen molar-refractivity contribution >= 4 is 5.97 Å². The summed E-state index contributed by atoms with van der Waals surface area (Å²) in [6, 6.07) is 4.38. The van der Waals surface area contributed by atoms with Crippen LogP contribution in [0.5, 0.6) is 0 Å². The van der Waals surface area contributed by atoms with Crippen LogP contribution in [0.2, 0.25) is 0 Å². The molecule has 0 aliphatic carbocycles. The number of hydrogen-bond donors (Lipinski definition) is 1. The molecule has 0 radical (unpaired) electrons. The molecule has 0 aromatic heterocycles. The summed E-state index contributed by atoms with van der Waals surface area (Å²) < 4.78 is 18.0. The molecule has 0 amide bonds. The number of carbonyl (C=O) groups is 1. The number of hydrogen-bond acceptors (Lipinski definition) is 4. The predicted octanol–water partition coefficient (Wildman–Crippen LogP) is 1.04. The van der Waals surface area contributed by atoms with Crippen LogP contribution < -0.4 is 0 Å². The molecule has 0 heterocycles. The van der Waals surface area contributed by atoms with Crippen molar-refractivity contribution in [1.82, 2.24) is 4.90 Å². The molecule has 0 saturated carbocycles. The first-order valence-corrected chi connectivity index (χ1v) is 5.24. The van der Waals surface area contributed by atoms with Gasteiger partial charge in [-0.25, -0.2) is 9.18 Å². The number of esters is 1. The molecule has 5 heteroatoms. The van der Waals surface area contributed by atoms with Crippen LogP contribution in [0.4, 0.5) is 4.39 Å². The Hall–Kier alpha value is -1.46. The lowest BCUT2D eigenvalue weighted by Crippen LogP contribution is -2.21. The Morgan fingerprint density at radius 3 is 2.76 bits per heavy atom. The molecule has 0 bridgehead atoms. The Balaban J connectivity index is 2.78. The van der Waals surface area contributed by atoms with E-state index in [2.05, 4.69) is 4.74 Å². The molecule has 0 aliphatic rings. The number of aliphatic hydroxyl groups excluding tert-OH is 1. The minimum absolute atomic E-state index is 0.0548. The van der Waals surface area contributed by atoms with Gasteiger partial charge < -0.3 is 9.84 Å². The molecular weight excluding hydrogens is 225 g/mol. The van der Waals surface area contributed by atoms with Crippen LogP contribution in [0, 0.1) is 5.82 Å². The normalized spacial score (nSPS) is 10.6. The van der Waals surface area contributed by atoms with Crippen LogP contribution in [0.25, 0.3) is 0 Å². The number of carbonyl (C=O) groups excluding carboxylic acids is 1. The second-order valence-corrected chi connectivity index (χ2v) is 3.77. The second-order valence-electron chi connectivity index (χ2n) is 3.77. The number of methoxy groups -OCH3 is 1. The van der Waals surface area contributed by atoms with Gasteiger partial charge in [-0.3, -0.25) is 4.90 Å². The van der Waals surface area contributed by atoms with Crippen LogP contribution in [-0.2, 0) is 11.3 Å². The van der Waals surface area contributed by atoms with Crippen LogP contribution in [0.15, 0.2) is 18.2 Å². The van der Waals surface area contributed by atoms with Gasteiger partial charge in [-0.2, -0.15) is 0 Å². The summed E-state index contributed by atoms with van der Waals surface area (Å²) in [5.74, 6) is -1.27. The van der Waals surface area contributed by atoms with E-state index < -0.39 is 11.8 Å². The predicted molar refractivity (Wildman–Crippen MR) is 61.2 cm³/mol. The third kappa shape index (κ3) is 3.80. The molecule has 1 rings (SSSR count). The van der Waals surface area contributed by atoms with E-state index in [1.165, 1.54) is 19.2 Å². The molecule has 17 heavy (non-hydrogen) atoms. The topological polar surface area (TPSA) is 49.8 Å². The number of benzene rings is 1. The Morgan fingerprint density at radius 2 is 2.24 bits per heavy atom. The van der Waals surface area contributed by atoms with E-state index in [1.54, 1.807) is 6.07 Å². The number of rotatable bonds is 5. The van der Waals surface area contributed by atoms with Crippen LogP contribution in [-0.4, -0.2) is 43.3 Å². The lowest BCUT2D eigenvalue weighted by atomic mass is 10.1. The molecule has 0 spiro atoms. The van der Waals surface area contributed by atoms with Crippen molar-refractivity contribution in [3.63, 3.8) is 0 Å². The highest BCUT2D eigenvalue weighted by molar-refractivity contribution is 5.89. The van der Waals surface area contributed by atoms with E-state index >= 15 is 0 Å². The Labute approximate surface area is 99.6 Å². The first-order chi connectivity index (χ1) is 8.08. The van der Waals surface area contributed by atoms with E-state index in [1.807, 2.05) is 11.9 Å². The summed E-state index contributed by atoms with van der Waals surface area (Å²) in [7, 11) is 3.03. The van der Waals surface area contributed by atoms with Gasteiger partial charge in [-0.15, -0.1) is 0 Å². The molecule has 4 nitrogen and oxygen atoms in total. The van der Waals surface area contributed by atoms with Gasteiger partial charge in [0.1, 0.15) is 5.82 Å². The summed E-state index contributed by atoms with van der Waals surface area (Å²) in [5, 5.41) is 8.74. The summed E-state index contributed by atoms with van der Waals surface area (Å²) in [4.78, 5) is 13.0. The van der Waals surface area contributed by atoms with Gasteiger partial charge in [0.15, 0.2) is 0 Å². The lowest BCUT2D eigenvalue weighted by molar-refractivity contribution is 0.0595. The van der Waals surface area contributed by atoms with Gasteiger partial charge in [-0.1, -0.05) is 6.07 Å². The van der Waals surface area contributed by atoms with Crippen molar-refractivity contribution in [2.24, 2.45) is 0 Å². The van der Waals surface area contributed by atoms with E-state index in [9.17, 15) is 9.18 Å². The molecule has 1 aromatic carbocycles. The van der Waals surface area contributed by atoms with Gasteiger partial charge in [0.05, 0.1) is 19.3 Å². The van der Waals surface area contributed by atoms with Crippen LogP contribution in [0.1, 0.15) is 15.9 Å². The van der Waals surface area contributed by atoms with E-state index in [0.717, 1.165) is 5.56 Å². The summed E-state index contributed by atoms with van der Waals surface area (Å²) in [5.41, 5.74) is 0.673. The van der Waals surface area contributed by atoms with Crippen molar-refractivity contribution in [3.8, 4) is 0 Å². The van der Waals surface area contributed by atoms with Crippen molar-refractivity contribution in [3.05, 3.63) is 35.1 Å². The molecule has 0 unspecified atom stereocenters. The van der Waals surface area contributed by atoms with Crippen molar-refractivity contribution in [2.75, 3.05) is 27.3 Å². The highest BCUT2D eigenvalue weighted by Gasteiger charge is 2.12. The minimum Gasteiger partial charge on any atom is -0.465 e. The maximum atomic E-state index is 13.6. The largest absolute Gasteiger partial charge is 0.465 e. The maximum Gasteiger partial charge on any atom is 0.340 e. The fraction of sp³-hybridized carbons (Fsp3) is 0.417. The fourth-order valence-corrected chi connectivity index (χ4v) is 1.49. The van der Waals surface area contributed by atoms with Crippen LogP contribution in [0.3, 0.4) is 0 Å². The molecule has 94 valence electrons. The standard InChI is InChI=1S/C12H16FNO3/c1-14(5-6-15)8-9-3-4-10(11(13)7-9)12(16)17-2/h3-4,7,15H,5-6,8H2,1-2H3. The Kier molecular flexibility index (Phi) is 5.06. The van der Waals surface area contributed by atoms with Crippen molar-refractivity contribution < 1.29 is 19.0 Å². The van der Waals surface area contributed by atoms with Gasteiger partial charge >= 0.3 is 5.97 Å². The lowest BCUT2D eigenvalue weighted by Gasteiger charge is -2.15. The first-order valence-electron chi connectivity index (χ1n) is 5.24. The average molecular weight is 241 g/mol. The van der Waals surface area contributed by atoms with E-state index in [-0.39, 0.29) is 12.2 Å². The van der Waals surface area contributed by atoms with E-state index in [4.69, 9.17) is 5.11 Å². The SMILES string of the molecule is COC(=O)c1ccc(CN(C)CCO)cc1F. The smallest absolute Gasteiger partial charge is 0.340 e. The molecule has 0 atom stereocenters. The Bertz CT molecular complexity index is 395. The molecular formula is C12H16FNO3. The summed E-state index contributed by atoms with van der Waals surface area (Å²) in [6.45, 7) is 1.08. The van der Waals surface area contributed by atoms with Gasteiger partial charge in [0, 0.05) is 13.1 Å². The number of nitrogens with zero attached hydrogens (tertiary/aromatic N) is 1. The molecule has 1 N–H and O–H groups in total. The number of aliphatic hydroxyl groups is 1. The van der Waals surface area contributed by atoms with Crippen LogP contribution >= 0.6 is 0 Å². The Morgan fingerprint density at radius 1 is 1.53 bits per heavy atom. The zero-order valence-electron chi connectivity index (χ0n) is 9.94. The highest BCUT2D eigenvalue weighted by Crippen LogP contribution is 2.12. The summed E-state index contributed by atoms with van der Waals surface area (Å²) >= 11 is 0. The van der Waals surface area contributed by atoms with E-state index in [0.29, 0.717) is 13.1 Å². The monoisotopic (exact) mass is 241 g/mol. The quantitative estimate of drug-likeness (QED) is 0.782. The van der Waals surface area contributed by atoms with Gasteiger partial charge in [0.25, 0.3) is 0 Å². The van der Waals surface area contributed by atoms with Crippen molar-refractivity contribution in [2.45, 2.75) is 6.54 Å². The highest BCUT2D eigenvalue weighted by atomic mass is 19.1. The third-order valence-corrected chi connectivity index (χ3v) is 2.37. The van der Waals surface area contributed by atoms with Gasteiger partial charge in [-0.05, 0) is 24.7 Å².